The third-order valence-electron chi connectivity index (χ3n) is 6.01. The fraction of sp³-hybridized carbons (Fsp3) is 0.346. The Labute approximate surface area is 198 Å². The minimum atomic E-state index is -0.404. The lowest BCUT2D eigenvalue weighted by molar-refractivity contribution is -0.119. The van der Waals surface area contributed by atoms with Gasteiger partial charge in [0.25, 0.3) is 0 Å². The fourth-order valence-electron chi connectivity index (χ4n) is 4.17. The largest absolute Gasteiger partial charge is 0.490 e. The lowest BCUT2D eigenvalue weighted by atomic mass is 10.1. The van der Waals surface area contributed by atoms with Crippen LogP contribution in [0.5, 0.6) is 5.75 Å². The third-order valence-corrected chi connectivity index (χ3v) is 6.01. The summed E-state index contributed by atoms with van der Waals surface area (Å²) in [7, 11) is 1.87. The summed E-state index contributed by atoms with van der Waals surface area (Å²) in [5.41, 5.74) is 6.33. The number of pyridine rings is 1. The molecule has 0 spiro atoms. The SMILES string of the molecule is CCCc1cnc2ccc(-c3cccc(F)c3OCCc3c(CNC(C)=O)nn(C)c3C)cn12. The number of ether oxygens (including phenoxy) is 1. The van der Waals surface area contributed by atoms with Crippen molar-refractivity contribution in [1.82, 2.24) is 24.5 Å². The molecule has 0 aliphatic heterocycles. The number of amides is 1. The predicted octanol–water partition coefficient (Wildman–Crippen LogP) is 4.39. The number of rotatable bonds is 9. The van der Waals surface area contributed by atoms with Crippen LogP contribution in [0.4, 0.5) is 4.39 Å². The number of hydrogen-bond acceptors (Lipinski definition) is 4. The van der Waals surface area contributed by atoms with Crippen LogP contribution in [0, 0.1) is 12.7 Å². The summed E-state index contributed by atoms with van der Waals surface area (Å²) >= 11 is 0. The number of fused-ring (bicyclic) bond motifs is 1. The van der Waals surface area contributed by atoms with Crippen molar-refractivity contribution in [1.29, 1.82) is 0 Å². The monoisotopic (exact) mass is 463 g/mol. The van der Waals surface area contributed by atoms with E-state index in [1.54, 1.807) is 10.7 Å². The maximum Gasteiger partial charge on any atom is 0.217 e. The van der Waals surface area contributed by atoms with Crippen molar-refractivity contribution in [2.24, 2.45) is 7.05 Å². The first kappa shape index (κ1) is 23.5. The molecule has 1 amide bonds. The lowest BCUT2D eigenvalue weighted by Crippen LogP contribution is -2.20. The molecule has 178 valence electrons. The molecule has 0 atom stereocenters. The summed E-state index contributed by atoms with van der Waals surface area (Å²) in [6.45, 7) is 6.21. The van der Waals surface area contributed by atoms with Crippen molar-refractivity contribution in [3.05, 3.63) is 71.2 Å². The van der Waals surface area contributed by atoms with E-state index in [4.69, 9.17) is 4.74 Å². The summed E-state index contributed by atoms with van der Waals surface area (Å²) in [6.07, 6.45) is 6.36. The van der Waals surface area contributed by atoms with Crippen molar-refractivity contribution in [2.45, 2.75) is 46.6 Å². The minimum absolute atomic E-state index is 0.113. The van der Waals surface area contributed by atoms with E-state index in [-0.39, 0.29) is 18.3 Å². The molecule has 0 aliphatic rings. The lowest BCUT2D eigenvalue weighted by Gasteiger charge is -2.14. The molecule has 3 heterocycles. The third kappa shape index (κ3) is 4.81. The number of carbonyl (C=O) groups is 1. The molecule has 8 heteroatoms. The van der Waals surface area contributed by atoms with Gasteiger partial charge in [0.15, 0.2) is 11.6 Å². The second-order valence-electron chi connectivity index (χ2n) is 8.40. The number of imidazole rings is 1. The first-order valence-electron chi connectivity index (χ1n) is 11.5. The minimum Gasteiger partial charge on any atom is -0.490 e. The van der Waals surface area contributed by atoms with Gasteiger partial charge in [0.05, 0.1) is 18.8 Å². The number of halogens is 1. The normalized spacial score (nSPS) is 11.2. The van der Waals surface area contributed by atoms with E-state index in [1.807, 2.05) is 44.6 Å². The van der Waals surface area contributed by atoms with Gasteiger partial charge >= 0.3 is 0 Å². The molecule has 0 saturated carbocycles. The van der Waals surface area contributed by atoms with Gasteiger partial charge in [-0.15, -0.1) is 0 Å². The summed E-state index contributed by atoms with van der Waals surface area (Å²) in [4.78, 5) is 15.8. The molecular weight excluding hydrogens is 433 g/mol. The van der Waals surface area contributed by atoms with Crippen LogP contribution < -0.4 is 10.1 Å². The number of para-hydroxylation sites is 1. The van der Waals surface area contributed by atoms with Crippen LogP contribution in [0.25, 0.3) is 16.8 Å². The van der Waals surface area contributed by atoms with Crippen LogP contribution in [-0.2, 0) is 31.2 Å². The van der Waals surface area contributed by atoms with Crippen molar-refractivity contribution in [2.75, 3.05) is 6.61 Å². The second-order valence-corrected chi connectivity index (χ2v) is 8.40. The van der Waals surface area contributed by atoms with Crippen LogP contribution >= 0.6 is 0 Å². The molecule has 1 aromatic carbocycles. The van der Waals surface area contributed by atoms with Crippen LogP contribution in [-0.4, -0.2) is 31.7 Å². The van der Waals surface area contributed by atoms with Gasteiger partial charge in [-0.2, -0.15) is 5.10 Å². The highest BCUT2D eigenvalue weighted by molar-refractivity contribution is 5.73. The molecule has 7 nitrogen and oxygen atoms in total. The summed E-state index contributed by atoms with van der Waals surface area (Å²) in [5.74, 6) is -0.291. The summed E-state index contributed by atoms with van der Waals surface area (Å²) < 4.78 is 24.7. The van der Waals surface area contributed by atoms with Crippen molar-refractivity contribution in [3.8, 4) is 16.9 Å². The van der Waals surface area contributed by atoms with Crippen LogP contribution in [0.1, 0.15) is 42.9 Å². The van der Waals surface area contributed by atoms with Crippen molar-refractivity contribution < 1.29 is 13.9 Å². The van der Waals surface area contributed by atoms with Gasteiger partial charge < -0.3 is 14.5 Å². The molecule has 34 heavy (non-hydrogen) atoms. The van der Waals surface area contributed by atoms with Gasteiger partial charge in [0.2, 0.25) is 5.91 Å². The molecule has 4 rings (SSSR count). The Kier molecular flexibility index (Phi) is 6.95. The first-order valence-corrected chi connectivity index (χ1v) is 11.5. The highest BCUT2D eigenvalue weighted by Crippen LogP contribution is 2.33. The Morgan fingerprint density at radius 2 is 2.03 bits per heavy atom. The molecule has 1 N–H and O–H groups in total. The Morgan fingerprint density at radius 1 is 1.21 bits per heavy atom. The van der Waals surface area contributed by atoms with E-state index < -0.39 is 5.82 Å². The van der Waals surface area contributed by atoms with Gasteiger partial charge in [-0.25, -0.2) is 9.37 Å². The van der Waals surface area contributed by atoms with Gasteiger partial charge in [0, 0.05) is 60.9 Å². The molecule has 3 aromatic heterocycles. The van der Waals surface area contributed by atoms with Crippen LogP contribution in [0.3, 0.4) is 0 Å². The van der Waals surface area contributed by atoms with E-state index in [1.165, 1.54) is 13.0 Å². The van der Waals surface area contributed by atoms with Crippen molar-refractivity contribution >= 4 is 11.6 Å². The zero-order valence-corrected chi connectivity index (χ0v) is 20.1. The van der Waals surface area contributed by atoms with E-state index in [0.717, 1.165) is 46.7 Å². The summed E-state index contributed by atoms with van der Waals surface area (Å²) in [5, 5.41) is 7.29. The van der Waals surface area contributed by atoms with E-state index >= 15 is 0 Å². The number of hydrogen-bond donors (Lipinski definition) is 1. The van der Waals surface area contributed by atoms with E-state index in [0.29, 0.717) is 18.5 Å². The molecule has 0 bridgehead atoms. The average Bonchev–Trinajstić information content (AvgIpc) is 3.34. The maximum atomic E-state index is 14.9. The molecule has 0 fully saturated rings. The number of carbonyl (C=O) groups excluding carboxylic acids is 1. The van der Waals surface area contributed by atoms with Crippen molar-refractivity contribution in [3.63, 3.8) is 0 Å². The number of aromatic nitrogens is 4. The van der Waals surface area contributed by atoms with Gasteiger partial charge in [0.1, 0.15) is 5.65 Å². The second kappa shape index (κ2) is 10.1. The standard InChI is InChI=1S/C26H30FN5O2/c1-5-7-20-14-29-25-11-10-19(16-32(20)25)22-8-6-9-23(27)26(22)34-13-12-21-17(2)31(4)30-24(21)15-28-18(3)33/h6,8-11,14,16H,5,7,12-13,15H2,1-4H3,(H,28,33). The number of nitrogens with zero attached hydrogens (tertiary/aromatic N) is 4. The Bertz CT molecular complexity index is 1320. The molecule has 4 aromatic rings. The van der Waals surface area contributed by atoms with E-state index in [2.05, 4.69) is 26.7 Å². The molecule has 0 saturated heterocycles. The molecule has 0 radical (unpaired) electrons. The molecule has 0 aliphatic carbocycles. The zero-order valence-electron chi connectivity index (χ0n) is 20.1. The first-order chi connectivity index (χ1) is 16.4. The Hall–Kier alpha value is -3.68. The predicted molar refractivity (Wildman–Crippen MR) is 129 cm³/mol. The number of benzene rings is 1. The van der Waals surface area contributed by atoms with Gasteiger partial charge in [-0.3, -0.25) is 9.48 Å². The highest BCUT2D eigenvalue weighted by Gasteiger charge is 2.16. The maximum absolute atomic E-state index is 14.9. The molecular formula is C26H30FN5O2. The fourth-order valence-corrected chi connectivity index (χ4v) is 4.17. The number of nitrogens with one attached hydrogen (secondary N) is 1. The number of aryl methyl sites for hydroxylation is 2. The van der Waals surface area contributed by atoms with Gasteiger partial charge in [-0.1, -0.05) is 25.5 Å². The average molecular weight is 464 g/mol. The zero-order chi connectivity index (χ0) is 24.2. The smallest absolute Gasteiger partial charge is 0.217 e. The Morgan fingerprint density at radius 3 is 2.79 bits per heavy atom. The van der Waals surface area contributed by atoms with Crippen LogP contribution in [0.15, 0.2) is 42.7 Å². The quantitative estimate of drug-likeness (QED) is 0.400. The van der Waals surface area contributed by atoms with Crippen LogP contribution in [0.2, 0.25) is 0 Å². The molecule has 0 unspecified atom stereocenters. The summed E-state index contributed by atoms with van der Waals surface area (Å²) in [6, 6.07) is 8.86. The topological polar surface area (TPSA) is 73.4 Å². The Balaban J connectivity index is 1.58. The highest BCUT2D eigenvalue weighted by atomic mass is 19.1. The van der Waals surface area contributed by atoms with E-state index in [9.17, 15) is 9.18 Å². The van der Waals surface area contributed by atoms with Gasteiger partial charge in [-0.05, 0) is 31.5 Å².